The van der Waals surface area contributed by atoms with Gasteiger partial charge in [-0.15, -0.1) is 0 Å². The lowest BCUT2D eigenvalue weighted by Crippen LogP contribution is -2.32. The summed E-state index contributed by atoms with van der Waals surface area (Å²) in [5.74, 6) is 0.576. The second kappa shape index (κ2) is 7.24. The van der Waals surface area contributed by atoms with Gasteiger partial charge in [-0.3, -0.25) is 4.79 Å². The quantitative estimate of drug-likeness (QED) is 0.787. The van der Waals surface area contributed by atoms with Crippen LogP contribution in [-0.2, 0) is 0 Å². The third-order valence-corrected chi connectivity index (χ3v) is 3.20. The summed E-state index contributed by atoms with van der Waals surface area (Å²) in [4.78, 5) is 12.4. The summed E-state index contributed by atoms with van der Waals surface area (Å²) < 4.78 is 0. The average molecular weight is 278 g/mol. The second-order valence-corrected chi connectivity index (χ2v) is 5.73. The third-order valence-electron chi connectivity index (χ3n) is 2.96. The van der Waals surface area contributed by atoms with Crippen molar-refractivity contribution in [2.45, 2.75) is 39.7 Å². The summed E-state index contributed by atoms with van der Waals surface area (Å²) in [5, 5.41) is 2.99. The molecule has 3 N–H and O–H groups in total. The Balaban J connectivity index is 2.62. The van der Waals surface area contributed by atoms with Crippen LogP contribution in [0.25, 0.3) is 0 Å². The van der Waals surface area contributed by atoms with E-state index in [1.165, 1.54) is 0 Å². The number of carbonyl (C=O) groups excluding carboxylic acids is 1. The van der Waals surface area contributed by atoms with E-state index in [2.05, 4.69) is 19.2 Å². The van der Waals surface area contributed by atoms with Gasteiger partial charge >= 0.3 is 0 Å². The second-order valence-electron chi connectivity index (χ2n) is 5.29. The summed E-state index contributed by atoms with van der Waals surface area (Å²) in [6.07, 6.45) is 2.09. The van der Waals surface area contributed by atoms with Gasteiger partial charge in [-0.05, 0) is 37.8 Å². The van der Waals surface area contributed by atoms with Crippen molar-refractivity contribution >= 4 is 23.1 Å². The number of carbonyl (C=O) groups is 1. The molecule has 0 spiro atoms. The molecule has 0 fully saturated rings. The molecule has 0 aromatic heterocycles. The lowest BCUT2D eigenvalue weighted by Gasteiger charge is -2.15. The molecule has 1 atom stereocenters. The zero-order valence-corrected chi connectivity index (χ0v) is 12.6. The zero-order chi connectivity index (χ0) is 14.4. The minimum atomic E-state index is -0.0747. The van der Waals surface area contributed by atoms with Gasteiger partial charge in [0.2, 0.25) is 0 Å². The minimum Gasteiger partial charge on any atom is -0.389 e. The van der Waals surface area contributed by atoms with E-state index in [1.807, 2.05) is 6.92 Å². The highest BCUT2D eigenvalue weighted by Crippen LogP contribution is 2.09. The lowest BCUT2D eigenvalue weighted by atomic mass is 10.0. The summed E-state index contributed by atoms with van der Waals surface area (Å²) in [5.41, 5.74) is 6.88. The van der Waals surface area contributed by atoms with Crippen LogP contribution in [0.2, 0.25) is 0 Å². The minimum absolute atomic E-state index is 0.0747. The van der Waals surface area contributed by atoms with Crippen molar-refractivity contribution in [3.05, 3.63) is 35.4 Å². The summed E-state index contributed by atoms with van der Waals surface area (Å²) >= 11 is 4.91. The summed E-state index contributed by atoms with van der Waals surface area (Å²) in [7, 11) is 0. The Kier molecular flexibility index (Phi) is 5.96. The maximum Gasteiger partial charge on any atom is 0.251 e. The fraction of sp³-hybridized carbons (Fsp3) is 0.467. The third kappa shape index (κ3) is 5.39. The van der Waals surface area contributed by atoms with E-state index in [0.717, 1.165) is 18.4 Å². The normalized spacial score (nSPS) is 12.2. The maximum absolute atomic E-state index is 12.1. The molecule has 19 heavy (non-hydrogen) atoms. The molecule has 0 heterocycles. The molecule has 0 aliphatic heterocycles. The van der Waals surface area contributed by atoms with Crippen molar-refractivity contribution in [2.24, 2.45) is 11.7 Å². The van der Waals surface area contributed by atoms with E-state index >= 15 is 0 Å². The predicted molar refractivity (Wildman–Crippen MR) is 83.3 cm³/mol. The number of thiocarbonyl (C=S) groups is 1. The van der Waals surface area contributed by atoms with E-state index in [0.29, 0.717) is 16.5 Å². The van der Waals surface area contributed by atoms with Gasteiger partial charge in [0.1, 0.15) is 4.99 Å². The van der Waals surface area contributed by atoms with Crippen LogP contribution in [-0.4, -0.2) is 16.9 Å². The number of hydrogen-bond acceptors (Lipinski definition) is 2. The summed E-state index contributed by atoms with van der Waals surface area (Å²) in [6, 6.07) is 7.27. The van der Waals surface area contributed by atoms with Crippen molar-refractivity contribution in [2.75, 3.05) is 0 Å². The molecule has 1 unspecified atom stereocenters. The van der Waals surface area contributed by atoms with Crippen molar-refractivity contribution in [3.8, 4) is 0 Å². The Morgan fingerprint density at radius 3 is 2.47 bits per heavy atom. The molecule has 1 aromatic carbocycles. The smallest absolute Gasteiger partial charge is 0.251 e. The zero-order valence-electron chi connectivity index (χ0n) is 11.8. The van der Waals surface area contributed by atoms with Crippen LogP contribution in [0.1, 0.15) is 49.5 Å². The van der Waals surface area contributed by atoms with Crippen LogP contribution in [0.3, 0.4) is 0 Å². The molecule has 4 heteroatoms. The van der Waals surface area contributed by atoms with Gasteiger partial charge in [-0.25, -0.2) is 0 Å². The Bertz CT molecular complexity index is 457. The van der Waals surface area contributed by atoms with Crippen LogP contribution in [0.15, 0.2) is 24.3 Å². The van der Waals surface area contributed by atoms with E-state index in [4.69, 9.17) is 18.0 Å². The molecule has 1 amide bonds. The highest BCUT2D eigenvalue weighted by molar-refractivity contribution is 7.80. The molecule has 0 radical (unpaired) electrons. The van der Waals surface area contributed by atoms with Crippen LogP contribution in [0, 0.1) is 5.92 Å². The van der Waals surface area contributed by atoms with Gasteiger partial charge in [0.25, 0.3) is 5.91 Å². The predicted octanol–water partition coefficient (Wildman–Crippen LogP) is 2.88. The van der Waals surface area contributed by atoms with Gasteiger partial charge in [-0.1, -0.05) is 38.2 Å². The Labute approximate surface area is 120 Å². The molecule has 0 saturated carbocycles. The molecule has 0 bridgehead atoms. The van der Waals surface area contributed by atoms with Gasteiger partial charge in [0, 0.05) is 17.2 Å². The molecule has 0 saturated heterocycles. The SMILES string of the molecule is CC(C)CCC(C)NC(=O)c1cccc(C(N)=S)c1. The van der Waals surface area contributed by atoms with Crippen molar-refractivity contribution in [1.29, 1.82) is 0 Å². The molecule has 1 aromatic rings. The first kappa shape index (κ1) is 15.6. The topological polar surface area (TPSA) is 55.1 Å². The number of amides is 1. The van der Waals surface area contributed by atoms with Crippen molar-refractivity contribution in [3.63, 3.8) is 0 Å². The summed E-state index contributed by atoms with van der Waals surface area (Å²) in [6.45, 7) is 6.39. The van der Waals surface area contributed by atoms with Crippen LogP contribution in [0.5, 0.6) is 0 Å². The first-order valence-electron chi connectivity index (χ1n) is 6.61. The van der Waals surface area contributed by atoms with E-state index in [9.17, 15) is 4.79 Å². The Hall–Kier alpha value is -1.42. The molecule has 104 valence electrons. The molecule has 0 aliphatic rings. The number of rotatable bonds is 6. The molecule has 3 nitrogen and oxygen atoms in total. The monoisotopic (exact) mass is 278 g/mol. The van der Waals surface area contributed by atoms with Crippen LogP contribution < -0.4 is 11.1 Å². The fourth-order valence-corrected chi connectivity index (χ4v) is 1.90. The van der Waals surface area contributed by atoms with Crippen molar-refractivity contribution in [1.82, 2.24) is 5.32 Å². The Morgan fingerprint density at radius 1 is 1.26 bits per heavy atom. The van der Waals surface area contributed by atoms with Gasteiger partial charge in [0.05, 0.1) is 0 Å². The largest absolute Gasteiger partial charge is 0.389 e. The number of nitrogens with one attached hydrogen (secondary N) is 1. The van der Waals surface area contributed by atoms with Crippen LogP contribution >= 0.6 is 12.2 Å². The average Bonchev–Trinajstić information content (AvgIpc) is 2.36. The molecule has 0 aliphatic carbocycles. The molecule has 1 rings (SSSR count). The fourth-order valence-electron chi connectivity index (χ4n) is 1.78. The van der Waals surface area contributed by atoms with Gasteiger partial charge < -0.3 is 11.1 Å². The lowest BCUT2D eigenvalue weighted by molar-refractivity contribution is 0.0937. The van der Waals surface area contributed by atoms with Crippen molar-refractivity contribution < 1.29 is 4.79 Å². The highest BCUT2D eigenvalue weighted by atomic mass is 32.1. The van der Waals surface area contributed by atoms with E-state index in [1.54, 1.807) is 24.3 Å². The number of benzene rings is 1. The van der Waals surface area contributed by atoms with Gasteiger partial charge in [0.15, 0.2) is 0 Å². The molecular weight excluding hydrogens is 256 g/mol. The van der Waals surface area contributed by atoms with E-state index in [-0.39, 0.29) is 11.9 Å². The standard InChI is InChI=1S/C15H22N2OS/c1-10(2)7-8-11(3)17-15(18)13-6-4-5-12(9-13)14(16)19/h4-6,9-11H,7-8H2,1-3H3,(H2,16,19)(H,17,18). The maximum atomic E-state index is 12.1. The molecular formula is C15H22N2OS. The van der Waals surface area contributed by atoms with Gasteiger partial charge in [-0.2, -0.15) is 0 Å². The first-order chi connectivity index (χ1) is 8.90. The van der Waals surface area contributed by atoms with Crippen LogP contribution in [0.4, 0.5) is 0 Å². The highest BCUT2D eigenvalue weighted by Gasteiger charge is 2.11. The van der Waals surface area contributed by atoms with E-state index < -0.39 is 0 Å². The number of hydrogen-bond donors (Lipinski definition) is 2. The number of nitrogens with two attached hydrogens (primary N) is 1. The Morgan fingerprint density at radius 2 is 1.89 bits per heavy atom. The first-order valence-corrected chi connectivity index (χ1v) is 7.01.